The molecule has 0 aliphatic rings. The van der Waals surface area contributed by atoms with Crippen LogP contribution in [-0.4, -0.2) is 37.2 Å². The maximum absolute atomic E-state index is 12.9. The monoisotopic (exact) mass is 1080 g/mol. The third kappa shape index (κ3) is 62.9. The molecule has 0 amide bonds. The van der Waals surface area contributed by atoms with E-state index in [1.54, 1.807) is 0 Å². The molecule has 0 bridgehead atoms. The van der Waals surface area contributed by atoms with Crippen molar-refractivity contribution in [1.82, 2.24) is 0 Å². The highest BCUT2D eigenvalue weighted by molar-refractivity contribution is 5.71. The van der Waals surface area contributed by atoms with Crippen molar-refractivity contribution in [3.63, 3.8) is 0 Å². The van der Waals surface area contributed by atoms with Gasteiger partial charge in [-0.15, -0.1) is 0 Å². The van der Waals surface area contributed by atoms with Crippen molar-refractivity contribution in [3.8, 4) is 0 Å². The molecule has 0 spiro atoms. The first-order chi connectivity index (χ1) is 38.5. The van der Waals surface area contributed by atoms with Crippen LogP contribution in [0.2, 0.25) is 0 Å². The van der Waals surface area contributed by atoms with E-state index >= 15 is 0 Å². The fraction of sp³-hybridized carbons (Fsp3) is 0.708. The number of allylic oxidation sites excluding steroid dienone is 18. The zero-order valence-corrected chi connectivity index (χ0v) is 51.2. The SMILES string of the molecule is CC/C=C\C/C=C\C/C=C\C/C=C\C/C=C\C/C=C\C/C=C\CCCC(=O)OC(COC(=O)CCCCCCCCCC)COC(=O)CCCCCCCCCCCCCCCCCCC/C=C\C/C=C\CCCCCCC. The number of carbonyl (C=O) groups is 3. The third-order valence-electron chi connectivity index (χ3n) is 14.0. The van der Waals surface area contributed by atoms with E-state index in [0.717, 1.165) is 96.3 Å². The molecular weight excluding hydrogens is 961 g/mol. The smallest absolute Gasteiger partial charge is 0.306 e. The molecule has 0 aliphatic heterocycles. The minimum Gasteiger partial charge on any atom is -0.462 e. The molecule has 0 aromatic rings. The van der Waals surface area contributed by atoms with Gasteiger partial charge in [-0.1, -0.05) is 297 Å². The first-order valence-electron chi connectivity index (χ1n) is 32.9. The molecule has 0 saturated heterocycles. The number of hydrogen-bond acceptors (Lipinski definition) is 6. The van der Waals surface area contributed by atoms with Crippen LogP contribution in [0.25, 0.3) is 0 Å². The van der Waals surface area contributed by atoms with E-state index in [1.165, 1.54) is 167 Å². The van der Waals surface area contributed by atoms with Crippen molar-refractivity contribution in [1.29, 1.82) is 0 Å². The zero-order valence-electron chi connectivity index (χ0n) is 51.2. The van der Waals surface area contributed by atoms with Crippen LogP contribution >= 0.6 is 0 Å². The number of ether oxygens (including phenoxy) is 3. The predicted molar refractivity (Wildman–Crippen MR) is 339 cm³/mol. The summed E-state index contributed by atoms with van der Waals surface area (Å²) in [5, 5.41) is 0. The van der Waals surface area contributed by atoms with Gasteiger partial charge in [-0.2, -0.15) is 0 Å². The second-order valence-electron chi connectivity index (χ2n) is 21.6. The Hall–Kier alpha value is -3.93. The van der Waals surface area contributed by atoms with Gasteiger partial charge in [0.05, 0.1) is 0 Å². The van der Waals surface area contributed by atoms with Gasteiger partial charge in [0, 0.05) is 19.3 Å². The Balaban J connectivity index is 4.21. The van der Waals surface area contributed by atoms with Crippen molar-refractivity contribution < 1.29 is 28.6 Å². The van der Waals surface area contributed by atoms with Crippen molar-refractivity contribution in [2.75, 3.05) is 13.2 Å². The highest BCUT2D eigenvalue weighted by atomic mass is 16.6. The summed E-state index contributed by atoms with van der Waals surface area (Å²) in [5.74, 6) is -0.957. The van der Waals surface area contributed by atoms with Crippen molar-refractivity contribution in [2.45, 2.75) is 316 Å². The summed E-state index contributed by atoms with van der Waals surface area (Å²) in [6.45, 7) is 6.46. The van der Waals surface area contributed by atoms with Crippen LogP contribution in [0.1, 0.15) is 310 Å². The van der Waals surface area contributed by atoms with Gasteiger partial charge in [0.15, 0.2) is 6.10 Å². The summed E-state index contributed by atoms with van der Waals surface area (Å²) >= 11 is 0. The Morgan fingerprint density at radius 2 is 0.513 bits per heavy atom. The summed E-state index contributed by atoms with van der Waals surface area (Å²) in [6, 6.07) is 0. The predicted octanol–water partition coefficient (Wildman–Crippen LogP) is 22.6. The Morgan fingerprint density at radius 3 is 0.821 bits per heavy atom. The molecular formula is C72H122O6. The lowest BCUT2D eigenvalue weighted by atomic mass is 10.0. The number of carbonyl (C=O) groups excluding carboxylic acids is 3. The van der Waals surface area contributed by atoms with Crippen LogP contribution < -0.4 is 0 Å². The fourth-order valence-corrected chi connectivity index (χ4v) is 9.11. The van der Waals surface area contributed by atoms with E-state index in [1.807, 2.05) is 0 Å². The summed E-state index contributed by atoms with van der Waals surface area (Å²) in [7, 11) is 0. The highest BCUT2D eigenvalue weighted by Gasteiger charge is 2.19. The first kappa shape index (κ1) is 74.1. The highest BCUT2D eigenvalue weighted by Crippen LogP contribution is 2.16. The van der Waals surface area contributed by atoms with Crippen LogP contribution in [0.4, 0.5) is 0 Å². The molecule has 0 aromatic carbocycles. The summed E-state index contributed by atoms with van der Waals surface area (Å²) < 4.78 is 16.8. The van der Waals surface area contributed by atoms with Gasteiger partial charge in [-0.05, 0) is 103 Å². The third-order valence-corrected chi connectivity index (χ3v) is 14.0. The van der Waals surface area contributed by atoms with Crippen LogP contribution in [0.5, 0.6) is 0 Å². The van der Waals surface area contributed by atoms with E-state index in [0.29, 0.717) is 19.3 Å². The summed E-state index contributed by atoms with van der Waals surface area (Å²) in [4.78, 5) is 38.1. The molecule has 0 saturated carbocycles. The van der Waals surface area contributed by atoms with Gasteiger partial charge < -0.3 is 14.2 Å². The maximum atomic E-state index is 12.9. The molecule has 6 nitrogen and oxygen atoms in total. The van der Waals surface area contributed by atoms with Gasteiger partial charge in [-0.25, -0.2) is 0 Å². The van der Waals surface area contributed by atoms with Gasteiger partial charge >= 0.3 is 17.9 Å². The molecule has 0 aromatic heterocycles. The van der Waals surface area contributed by atoms with Crippen LogP contribution in [-0.2, 0) is 28.6 Å². The Bertz CT molecular complexity index is 1570. The van der Waals surface area contributed by atoms with E-state index in [-0.39, 0.29) is 37.5 Å². The standard InChI is InChI=1S/C72H122O6/c1-4-7-10-13-16-19-21-23-25-27-29-31-33-34-35-36-37-38-40-41-43-45-47-49-51-53-56-59-62-65-71(74)77-68-69(67-76-70(73)64-61-58-55-18-15-12-9-6-3)78-72(75)66-63-60-57-54-52-50-48-46-44-42-39-32-30-28-26-24-22-20-17-14-11-8-5-2/h8,11,17,20-21,23-24,26-27,29-30,32,42,44,48,50,54,57,69H,4-7,9-10,12-16,18-19,22,25,28,31,33-41,43,45-47,49,51-53,55-56,58-68H2,1-3H3/b11-8-,20-17-,23-21-,26-24-,29-27-,32-30-,44-42-,50-48-,57-54-. The topological polar surface area (TPSA) is 78.9 Å². The average molecular weight is 1080 g/mol. The Morgan fingerprint density at radius 1 is 0.269 bits per heavy atom. The lowest BCUT2D eigenvalue weighted by molar-refractivity contribution is -0.167. The molecule has 0 aliphatic carbocycles. The number of rotatable bonds is 59. The van der Waals surface area contributed by atoms with Crippen LogP contribution in [0, 0.1) is 0 Å². The van der Waals surface area contributed by atoms with E-state index in [9.17, 15) is 14.4 Å². The molecule has 446 valence electrons. The van der Waals surface area contributed by atoms with Gasteiger partial charge in [0.25, 0.3) is 0 Å². The Labute approximate surface area is 482 Å². The molecule has 0 fully saturated rings. The largest absolute Gasteiger partial charge is 0.462 e. The maximum Gasteiger partial charge on any atom is 0.306 e. The van der Waals surface area contributed by atoms with E-state index in [2.05, 4.69) is 130 Å². The molecule has 0 rings (SSSR count). The van der Waals surface area contributed by atoms with Crippen molar-refractivity contribution in [3.05, 3.63) is 109 Å². The van der Waals surface area contributed by atoms with Crippen molar-refractivity contribution >= 4 is 17.9 Å². The molecule has 6 heteroatoms. The minimum absolute atomic E-state index is 0.0994. The first-order valence-corrected chi connectivity index (χ1v) is 32.9. The van der Waals surface area contributed by atoms with Gasteiger partial charge in [0.1, 0.15) is 13.2 Å². The Kier molecular flexibility index (Phi) is 62.3. The molecule has 0 heterocycles. The lowest BCUT2D eigenvalue weighted by Crippen LogP contribution is -2.30. The van der Waals surface area contributed by atoms with Crippen LogP contribution in [0.15, 0.2) is 109 Å². The lowest BCUT2D eigenvalue weighted by Gasteiger charge is -2.18. The van der Waals surface area contributed by atoms with E-state index in [4.69, 9.17) is 14.2 Å². The molecule has 78 heavy (non-hydrogen) atoms. The molecule has 1 atom stereocenters. The molecule has 1 unspecified atom stereocenters. The van der Waals surface area contributed by atoms with Gasteiger partial charge in [0.2, 0.25) is 0 Å². The number of esters is 3. The fourth-order valence-electron chi connectivity index (χ4n) is 9.11. The quantitative estimate of drug-likeness (QED) is 0.0261. The number of unbranched alkanes of at least 4 members (excludes halogenated alkanes) is 30. The van der Waals surface area contributed by atoms with E-state index < -0.39 is 6.10 Å². The summed E-state index contributed by atoms with van der Waals surface area (Å²) in [6.07, 6.45) is 89.9. The second kappa shape index (κ2) is 65.6. The number of hydrogen-bond donors (Lipinski definition) is 0. The molecule has 0 radical (unpaired) electrons. The summed E-state index contributed by atoms with van der Waals surface area (Å²) in [5.41, 5.74) is 0. The second-order valence-corrected chi connectivity index (χ2v) is 21.6. The normalized spacial score (nSPS) is 12.8. The minimum atomic E-state index is -0.807. The van der Waals surface area contributed by atoms with Gasteiger partial charge in [-0.3, -0.25) is 14.4 Å². The van der Waals surface area contributed by atoms with Crippen LogP contribution in [0.3, 0.4) is 0 Å². The van der Waals surface area contributed by atoms with Crippen molar-refractivity contribution in [2.24, 2.45) is 0 Å². The zero-order chi connectivity index (χ0) is 56.4. The molecule has 0 N–H and O–H groups in total. The average Bonchev–Trinajstić information content (AvgIpc) is 3.44.